The number of alkyl halides is 2. The van der Waals surface area contributed by atoms with Crippen LogP contribution in [-0.2, 0) is 10.9 Å². The second-order valence-corrected chi connectivity index (χ2v) is 13.2. The van der Waals surface area contributed by atoms with Crippen molar-refractivity contribution in [1.29, 1.82) is 0 Å². The van der Waals surface area contributed by atoms with Crippen LogP contribution in [0.3, 0.4) is 0 Å². The molecule has 2 aliphatic heterocycles. The average Bonchev–Trinajstić information content (AvgIpc) is 3.57. The molecule has 0 radical (unpaired) electrons. The van der Waals surface area contributed by atoms with E-state index in [1.165, 1.54) is 10.1 Å². The molecule has 232 valence electrons. The number of nitrogens with one attached hydrogen (secondary N) is 1. The molecule has 0 aromatic carbocycles. The van der Waals surface area contributed by atoms with Crippen LogP contribution in [0.2, 0.25) is 0 Å². The number of allylic oxidation sites excluding steroid dienone is 8. The van der Waals surface area contributed by atoms with Crippen LogP contribution in [0.4, 0.5) is 8.78 Å². The molecule has 0 aromatic heterocycles. The largest absolute Gasteiger partial charge is 0.421 e. The smallest absolute Gasteiger partial charge is 0.309 e. The molecule has 0 bridgehead atoms. The van der Waals surface area contributed by atoms with Crippen molar-refractivity contribution in [3.63, 3.8) is 0 Å². The molecule has 0 fully saturated rings. The predicted molar refractivity (Wildman–Crippen MR) is 176 cm³/mol. The Hall–Kier alpha value is -2.74. The Morgan fingerprint density at radius 3 is 2.62 bits per heavy atom. The Kier molecular flexibility index (Phi) is 14.2. The van der Waals surface area contributed by atoms with Crippen molar-refractivity contribution in [2.24, 2.45) is 27.1 Å². The number of hydrogen-bond donors (Lipinski definition) is 1. The lowest BCUT2D eigenvalue weighted by atomic mass is 10.0. The van der Waals surface area contributed by atoms with Crippen molar-refractivity contribution in [1.82, 2.24) is 5.43 Å². The van der Waals surface area contributed by atoms with Gasteiger partial charge in [-0.15, -0.1) is 5.73 Å². The molecule has 1 N–H and O–H groups in total. The number of rotatable bonds is 15. The molecule has 4 unspecified atom stereocenters. The summed E-state index contributed by atoms with van der Waals surface area (Å²) in [7, 11) is 1.67. The average molecular weight is 603 g/mol. The summed E-state index contributed by atoms with van der Waals surface area (Å²) in [5.74, 6) is 1.16. The Morgan fingerprint density at radius 1 is 1.31 bits per heavy atom. The zero-order chi connectivity index (χ0) is 31.3. The van der Waals surface area contributed by atoms with Gasteiger partial charge in [-0.2, -0.15) is 13.9 Å². The van der Waals surface area contributed by atoms with Crippen LogP contribution in [0.1, 0.15) is 87.0 Å². The third-order valence-corrected chi connectivity index (χ3v) is 9.80. The number of amidine groups is 1. The van der Waals surface area contributed by atoms with E-state index in [1.54, 1.807) is 33.3 Å². The lowest BCUT2D eigenvalue weighted by molar-refractivity contribution is -0.694. The fraction of sp³-hybridized carbons (Fsp3) is 0.576. The third kappa shape index (κ3) is 8.88. The summed E-state index contributed by atoms with van der Waals surface area (Å²) in [6, 6.07) is 0. The molecule has 6 nitrogen and oxygen atoms in total. The van der Waals surface area contributed by atoms with Gasteiger partial charge in [0.05, 0.1) is 17.4 Å². The van der Waals surface area contributed by atoms with E-state index >= 15 is 8.78 Å². The Balaban J connectivity index is 2.67. The summed E-state index contributed by atoms with van der Waals surface area (Å²) in [4.78, 5) is 0. The van der Waals surface area contributed by atoms with Crippen LogP contribution in [0.5, 0.6) is 0 Å². The molecule has 0 aromatic rings. The van der Waals surface area contributed by atoms with Crippen molar-refractivity contribution in [3.05, 3.63) is 65.0 Å². The monoisotopic (exact) mass is 602 g/mol. The molecule has 42 heavy (non-hydrogen) atoms. The fourth-order valence-electron chi connectivity index (χ4n) is 4.83. The van der Waals surface area contributed by atoms with Crippen molar-refractivity contribution in [2.45, 2.75) is 92.2 Å². The van der Waals surface area contributed by atoms with E-state index in [1.807, 2.05) is 45.1 Å². The van der Waals surface area contributed by atoms with E-state index in [4.69, 9.17) is 10.2 Å². The van der Waals surface area contributed by atoms with Gasteiger partial charge in [-0.3, -0.25) is 0 Å². The zero-order valence-corrected chi connectivity index (χ0v) is 27.9. The quantitative estimate of drug-likeness (QED) is 0.0661. The number of nitrogens with zero attached hydrogens (tertiary/aromatic N) is 5. The minimum Gasteiger partial charge on any atom is -0.309 e. The van der Waals surface area contributed by atoms with Crippen molar-refractivity contribution in [3.8, 4) is 0 Å². The van der Waals surface area contributed by atoms with Gasteiger partial charge in [-0.1, -0.05) is 63.0 Å². The molecule has 0 saturated carbocycles. The SMILES string of the molecule is CC=C=C(C)C(C=CCCC(C)CC)=CC(=CC)C(F)(F)S1=[N+](C)N=C(CCCC)[N+]1(C)N=C(C=CC)C1C=NNC1. The van der Waals surface area contributed by atoms with Crippen molar-refractivity contribution in [2.75, 3.05) is 20.6 Å². The standard InChI is InChI=1S/C33H52F2N6S/c1-10-15-22-32-38-40(8)42(41(32,9)39-31(19-12-3)29-24-36-37-25-29)33(34,35)30(14-5)23-28(27(7)18-11-2)21-17-16-20-26(6)13-4/h11-12,14,17,19,21,23-24,26,29,37H,10,13,15-16,20,22,25H2,1-9H3/q+2. The van der Waals surface area contributed by atoms with E-state index in [9.17, 15) is 0 Å². The molecule has 9 heteroatoms. The minimum absolute atomic E-state index is 0.0558. The van der Waals surface area contributed by atoms with Gasteiger partial charge in [0.2, 0.25) is 0 Å². The van der Waals surface area contributed by atoms with Gasteiger partial charge < -0.3 is 5.43 Å². The maximum atomic E-state index is 17.0. The summed E-state index contributed by atoms with van der Waals surface area (Å²) in [6.07, 6.45) is 20.0. The van der Waals surface area contributed by atoms with Gasteiger partial charge in [0.15, 0.2) is 7.05 Å². The van der Waals surface area contributed by atoms with Crippen molar-refractivity contribution < 1.29 is 16.8 Å². The summed E-state index contributed by atoms with van der Waals surface area (Å²) in [6.45, 7) is 14.5. The second-order valence-electron chi connectivity index (χ2n) is 10.9. The van der Waals surface area contributed by atoms with Gasteiger partial charge in [0.25, 0.3) is 0 Å². The van der Waals surface area contributed by atoms with Crippen LogP contribution in [0, 0.1) is 11.8 Å². The summed E-state index contributed by atoms with van der Waals surface area (Å²) in [5, 5.41) is 10.7. The van der Waals surface area contributed by atoms with Crippen LogP contribution >= 0.6 is 0 Å². The van der Waals surface area contributed by atoms with Gasteiger partial charge >= 0.3 is 22.0 Å². The first-order valence-electron chi connectivity index (χ1n) is 15.2. The van der Waals surface area contributed by atoms with Gasteiger partial charge in [-0.25, -0.2) is 0 Å². The van der Waals surface area contributed by atoms with E-state index in [0.717, 1.165) is 43.3 Å². The molecule has 0 spiro atoms. The molecular formula is C33H52F2N6S+2. The topological polar surface area (TPSA) is 52.1 Å². The molecule has 0 aliphatic carbocycles. The Bertz CT molecular complexity index is 1260. The minimum atomic E-state index is -3.26. The number of quaternary nitrogens is 1. The highest BCUT2D eigenvalue weighted by Gasteiger charge is 2.63. The molecule has 0 saturated heterocycles. The molecular weight excluding hydrogens is 550 g/mol. The van der Waals surface area contributed by atoms with Crippen LogP contribution in [0.25, 0.3) is 0 Å². The third-order valence-electron chi connectivity index (χ3n) is 7.56. The van der Waals surface area contributed by atoms with Gasteiger partial charge in [-0.05, 0) is 90.3 Å². The summed E-state index contributed by atoms with van der Waals surface area (Å²) >= 11 is 0. The normalized spacial score (nSPS) is 24.4. The van der Waals surface area contributed by atoms with Crippen LogP contribution < -0.4 is 5.43 Å². The summed E-state index contributed by atoms with van der Waals surface area (Å²) in [5.41, 5.74) is 8.36. The number of hydrazone groups is 2. The van der Waals surface area contributed by atoms with E-state index in [2.05, 4.69) is 43.1 Å². The first kappa shape index (κ1) is 35.5. The molecule has 0 amide bonds. The summed E-state index contributed by atoms with van der Waals surface area (Å²) < 4.78 is 35.1. The second kappa shape index (κ2) is 16.8. The van der Waals surface area contributed by atoms with Gasteiger partial charge in [0, 0.05) is 18.3 Å². The molecule has 2 heterocycles. The van der Waals surface area contributed by atoms with Crippen LogP contribution in [0.15, 0.2) is 80.3 Å². The maximum absolute atomic E-state index is 17.0. The van der Waals surface area contributed by atoms with E-state index < -0.39 is 16.1 Å². The highest BCUT2D eigenvalue weighted by molar-refractivity contribution is 7.81. The highest BCUT2D eigenvalue weighted by atomic mass is 32.2. The predicted octanol–water partition coefficient (Wildman–Crippen LogP) is 8.42. The molecule has 4 atom stereocenters. The Morgan fingerprint density at radius 2 is 2.05 bits per heavy atom. The van der Waals surface area contributed by atoms with Crippen molar-refractivity contribution >= 4 is 28.6 Å². The maximum Gasteiger partial charge on any atom is 0.421 e. The highest BCUT2D eigenvalue weighted by Crippen LogP contribution is 2.40. The fourth-order valence-corrected chi connectivity index (χ4v) is 7.12. The number of unbranched alkanes of at least 4 members (excludes halogenated alkanes) is 1. The van der Waals surface area contributed by atoms with Crippen LogP contribution in [-0.4, -0.2) is 51.7 Å². The molecule has 2 rings (SSSR count). The van der Waals surface area contributed by atoms with E-state index in [0.29, 0.717) is 30.4 Å². The number of halogens is 2. The lowest BCUT2D eigenvalue weighted by Crippen LogP contribution is -2.52. The number of hydrogen-bond acceptors (Lipinski definition) is 4. The first-order valence-corrected chi connectivity index (χ1v) is 16.4. The zero-order valence-electron chi connectivity index (χ0n) is 27.1. The lowest BCUT2D eigenvalue weighted by Gasteiger charge is -2.26. The van der Waals surface area contributed by atoms with E-state index in [-0.39, 0.29) is 15.5 Å². The molecule has 2 aliphatic rings. The Labute approximate surface area is 255 Å². The van der Waals surface area contributed by atoms with Gasteiger partial charge in [0.1, 0.15) is 12.8 Å². The first-order chi connectivity index (χ1) is 20.0.